The van der Waals surface area contributed by atoms with Crippen LogP contribution in [0.3, 0.4) is 0 Å². The van der Waals surface area contributed by atoms with Gasteiger partial charge >= 0.3 is 6.09 Å². The average Bonchev–Trinajstić information content (AvgIpc) is 2.27. The van der Waals surface area contributed by atoms with E-state index in [4.69, 9.17) is 10.2 Å². The molecular weight excluding hydrogens is 230 g/mol. The van der Waals surface area contributed by atoms with Crippen LogP contribution >= 0.6 is 0 Å². The Hall–Kier alpha value is -1.55. The minimum absolute atomic E-state index is 0.0242. The lowest BCUT2D eigenvalue weighted by Crippen LogP contribution is -2.44. The van der Waals surface area contributed by atoms with Crippen molar-refractivity contribution in [2.75, 3.05) is 0 Å². The predicted octanol–water partition coefficient (Wildman–Crippen LogP) is 2.40. The first kappa shape index (κ1) is 14.5. The van der Waals surface area contributed by atoms with Gasteiger partial charge in [0.1, 0.15) is 0 Å². The summed E-state index contributed by atoms with van der Waals surface area (Å²) >= 11 is 0. The number of rotatable bonds is 4. The standard InChI is InChI=1S/C14H21NO3/c1-14(2,3)12(15-13(17)18)8-10-4-6-11(9-16)7-5-10/h4-7,12,15-16H,8-9H2,1-3H3,(H,17,18). The number of hydrogen-bond acceptors (Lipinski definition) is 2. The third-order valence-electron chi connectivity index (χ3n) is 2.99. The lowest BCUT2D eigenvalue weighted by molar-refractivity contribution is 0.174. The number of carbonyl (C=O) groups is 1. The molecule has 4 heteroatoms. The minimum Gasteiger partial charge on any atom is -0.465 e. The number of hydrogen-bond donors (Lipinski definition) is 3. The highest BCUT2D eigenvalue weighted by molar-refractivity contribution is 5.65. The Labute approximate surface area is 108 Å². The second-order valence-electron chi connectivity index (χ2n) is 5.55. The number of aliphatic hydroxyl groups is 1. The van der Waals surface area contributed by atoms with E-state index in [1.54, 1.807) is 0 Å². The normalized spacial score (nSPS) is 13.1. The second-order valence-corrected chi connectivity index (χ2v) is 5.55. The van der Waals surface area contributed by atoms with Crippen molar-refractivity contribution in [3.63, 3.8) is 0 Å². The third kappa shape index (κ3) is 4.37. The van der Waals surface area contributed by atoms with Crippen LogP contribution in [0.4, 0.5) is 4.79 Å². The maximum Gasteiger partial charge on any atom is 0.404 e. The minimum atomic E-state index is -0.998. The maximum atomic E-state index is 10.8. The van der Waals surface area contributed by atoms with E-state index in [9.17, 15) is 4.79 Å². The van der Waals surface area contributed by atoms with Gasteiger partial charge < -0.3 is 15.5 Å². The molecule has 0 spiro atoms. The highest BCUT2D eigenvalue weighted by Gasteiger charge is 2.26. The molecule has 0 aliphatic heterocycles. The Kier molecular flexibility index (Phi) is 4.73. The molecule has 0 aromatic heterocycles. The Morgan fingerprint density at radius 3 is 2.11 bits per heavy atom. The first-order valence-corrected chi connectivity index (χ1v) is 6.01. The monoisotopic (exact) mass is 251 g/mol. The fraction of sp³-hybridized carbons (Fsp3) is 0.500. The highest BCUT2D eigenvalue weighted by atomic mass is 16.4. The Balaban J connectivity index is 2.79. The molecule has 1 aromatic carbocycles. The maximum absolute atomic E-state index is 10.8. The molecular formula is C14H21NO3. The summed E-state index contributed by atoms with van der Waals surface area (Å²) in [6.07, 6.45) is -0.358. The van der Waals surface area contributed by atoms with Crippen LogP contribution in [0.5, 0.6) is 0 Å². The molecule has 0 saturated carbocycles. The summed E-state index contributed by atoms with van der Waals surface area (Å²) in [4.78, 5) is 10.8. The van der Waals surface area contributed by atoms with Crippen molar-refractivity contribution in [3.05, 3.63) is 35.4 Å². The molecule has 1 aromatic rings. The summed E-state index contributed by atoms with van der Waals surface area (Å²) in [6.45, 7) is 6.05. The molecule has 4 nitrogen and oxygen atoms in total. The van der Waals surface area contributed by atoms with Crippen molar-refractivity contribution in [1.82, 2.24) is 5.32 Å². The number of amides is 1. The molecule has 0 aliphatic rings. The van der Waals surface area contributed by atoms with Gasteiger partial charge in [-0.25, -0.2) is 4.79 Å². The van der Waals surface area contributed by atoms with E-state index in [0.29, 0.717) is 6.42 Å². The van der Waals surface area contributed by atoms with Crippen molar-refractivity contribution >= 4 is 6.09 Å². The van der Waals surface area contributed by atoms with Crippen LogP contribution in [0.25, 0.3) is 0 Å². The van der Waals surface area contributed by atoms with E-state index >= 15 is 0 Å². The van der Waals surface area contributed by atoms with Crippen LogP contribution in [0.15, 0.2) is 24.3 Å². The molecule has 1 unspecified atom stereocenters. The zero-order valence-electron chi connectivity index (χ0n) is 11.1. The fourth-order valence-corrected chi connectivity index (χ4v) is 1.74. The van der Waals surface area contributed by atoms with E-state index in [1.165, 1.54) is 0 Å². The van der Waals surface area contributed by atoms with Crippen LogP contribution < -0.4 is 5.32 Å². The number of nitrogens with one attached hydrogen (secondary N) is 1. The average molecular weight is 251 g/mol. The van der Waals surface area contributed by atoms with Crippen LogP contribution in [-0.4, -0.2) is 22.3 Å². The van der Waals surface area contributed by atoms with Crippen molar-refractivity contribution < 1.29 is 15.0 Å². The summed E-state index contributed by atoms with van der Waals surface area (Å²) in [7, 11) is 0. The quantitative estimate of drug-likeness (QED) is 0.769. The molecule has 1 amide bonds. The Morgan fingerprint density at radius 1 is 1.22 bits per heavy atom. The molecule has 0 bridgehead atoms. The van der Waals surface area contributed by atoms with E-state index in [1.807, 2.05) is 45.0 Å². The van der Waals surface area contributed by atoms with Gasteiger partial charge in [0.2, 0.25) is 0 Å². The molecule has 0 fully saturated rings. The molecule has 1 rings (SSSR count). The molecule has 0 heterocycles. The van der Waals surface area contributed by atoms with Gasteiger partial charge in [-0.2, -0.15) is 0 Å². The third-order valence-corrected chi connectivity index (χ3v) is 2.99. The van der Waals surface area contributed by atoms with E-state index < -0.39 is 6.09 Å². The highest BCUT2D eigenvalue weighted by Crippen LogP contribution is 2.22. The summed E-state index contributed by atoms with van der Waals surface area (Å²) in [5, 5.41) is 20.4. The van der Waals surface area contributed by atoms with Gasteiger partial charge in [-0.15, -0.1) is 0 Å². The summed E-state index contributed by atoms with van der Waals surface area (Å²) in [6, 6.07) is 7.42. The van der Waals surface area contributed by atoms with Gasteiger partial charge in [-0.3, -0.25) is 0 Å². The van der Waals surface area contributed by atoms with Crippen LogP contribution in [-0.2, 0) is 13.0 Å². The zero-order valence-corrected chi connectivity index (χ0v) is 11.1. The summed E-state index contributed by atoms with van der Waals surface area (Å²) in [5.74, 6) is 0. The van der Waals surface area contributed by atoms with E-state index in [-0.39, 0.29) is 18.1 Å². The lowest BCUT2D eigenvalue weighted by atomic mass is 9.83. The van der Waals surface area contributed by atoms with E-state index in [0.717, 1.165) is 11.1 Å². The molecule has 0 saturated heterocycles. The van der Waals surface area contributed by atoms with Gasteiger partial charge in [0.25, 0.3) is 0 Å². The first-order chi connectivity index (χ1) is 8.32. The van der Waals surface area contributed by atoms with Crippen molar-refractivity contribution in [3.8, 4) is 0 Å². The molecule has 18 heavy (non-hydrogen) atoms. The molecule has 100 valence electrons. The topological polar surface area (TPSA) is 69.6 Å². The molecule has 1 atom stereocenters. The summed E-state index contributed by atoms with van der Waals surface area (Å²) in [5.41, 5.74) is 1.77. The van der Waals surface area contributed by atoms with Gasteiger partial charge in [0, 0.05) is 6.04 Å². The van der Waals surface area contributed by atoms with Crippen LogP contribution in [0, 0.1) is 5.41 Å². The number of aliphatic hydroxyl groups excluding tert-OH is 1. The van der Waals surface area contributed by atoms with Crippen molar-refractivity contribution in [2.24, 2.45) is 5.41 Å². The Morgan fingerprint density at radius 2 is 1.72 bits per heavy atom. The second kappa shape index (κ2) is 5.87. The van der Waals surface area contributed by atoms with Gasteiger partial charge in [0.15, 0.2) is 0 Å². The SMILES string of the molecule is CC(C)(C)C(Cc1ccc(CO)cc1)NC(=O)O. The largest absolute Gasteiger partial charge is 0.465 e. The number of benzene rings is 1. The van der Waals surface area contributed by atoms with Gasteiger partial charge in [0.05, 0.1) is 6.61 Å². The molecule has 0 radical (unpaired) electrons. The van der Waals surface area contributed by atoms with Gasteiger partial charge in [-0.1, -0.05) is 45.0 Å². The predicted molar refractivity (Wildman–Crippen MR) is 70.5 cm³/mol. The van der Waals surface area contributed by atoms with Crippen LogP contribution in [0.1, 0.15) is 31.9 Å². The fourth-order valence-electron chi connectivity index (χ4n) is 1.74. The van der Waals surface area contributed by atoms with Crippen LogP contribution in [0.2, 0.25) is 0 Å². The zero-order chi connectivity index (χ0) is 13.8. The smallest absolute Gasteiger partial charge is 0.404 e. The lowest BCUT2D eigenvalue weighted by Gasteiger charge is -2.30. The van der Waals surface area contributed by atoms with Crippen molar-refractivity contribution in [2.45, 2.75) is 39.8 Å². The molecule has 3 N–H and O–H groups in total. The Bertz CT molecular complexity index is 392. The summed E-state index contributed by atoms with van der Waals surface area (Å²) < 4.78 is 0. The first-order valence-electron chi connectivity index (χ1n) is 6.01. The number of carboxylic acid groups (broad SMARTS) is 1. The molecule has 0 aliphatic carbocycles. The van der Waals surface area contributed by atoms with Crippen molar-refractivity contribution in [1.29, 1.82) is 0 Å². The van der Waals surface area contributed by atoms with E-state index in [2.05, 4.69) is 5.32 Å². The van der Waals surface area contributed by atoms with Gasteiger partial charge in [-0.05, 0) is 23.0 Å².